The van der Waals surface area contributed by atoms with Gasteiger partial charge < -0.3 is 9.80 Å². The van der Waals surface area contributed by atoms with E-state index in [2.05, 4.69) is 47.8 Å². The molecule has 138 valence electrons. The van der Waals surface area contributed by atoms with E-state index in [-0.39, 0.29) is 11.9 Å². The fourth-order valence-corrected chi connectivity index (χ4v) is 3.40. The molecule has 1 aromatic heterocycles. The molecule has 0 spiro atoms. The fraction of sp³-hybridized carbons (Fsp3) is 0.476. The Morgan fingerprint density at radius 1 is 1.23 bits per heavy atom. The van der Waals surface area contributed by atoms with Gasteiger partial charge in [0.15, 0.2) is 0 Å². The molecular formula is C21H28N4O. The van der Waals surface area contributed by atoms with E-state index in [1.165, 1.54) is 12.0 Å². The minimum absolute atomic E-state index is 0.0438. The lowest BCUT2D eigenvalue weighted by molar-refractivity contribution is 0.0682. The van der Waals surface area contributed by atoms with Crippen LogP contribution in [0.4, 0.5) is 5.95 Å². The zero-order valence-electron chi connectivity index (χ0n) is 15.9. The molecule has 5 heteroatoms. The number of benzene rings is 1. The van der Waals surface area contributed by atoms with Gasteiger partial charge in [-0.1, -0.05) is 37.3 Å². The van der Waals surface area contributed by atoms with Crippen molar-refractivity contribution in [2.24, 2.45) is 5.92 Å². The number of anilines is 1. The first-order valence-corrected chi connectivity index (χ1v) is 9.46. The van der Waals surface area contributed by atoms with Crippen LogP contribution in [0.3, 0.4) is 0 Å². The Bertz CT molecular complexity index is 715. The molecule has 0 bridgehead atoms. The van der Waals surface area contributed by atoms with Gasteiger partial charge in [0.1, 0.15) is 0 Å². The van der Waals surface area contributed by atoms with Gasteiger partial charge in [-0.05, 0) is 38.2 Å². The summed E-state index contributed by atoms with van der Waals surface area (Å²) in [5.41, 5.74) is 1.79. The third-order valence-electron chi connectivity index (χ3n) is 4.91. The zero-order chi connectivity index (χ0) is 18.5. The van der Waals surface area contributed by atoms with Crippen molar-refractivity contribution in [3.63, 3.8) is 0 Å². The van der Waals surface area contributed by atoms with Crippen LogP contribution in [0.15, 0.2) is 42.7 Å². The molecule has 1 fully saturated rings. The molecule has 0 saturated carbocycles. The minimum atomic E-state index is 0.0438. The molecule has 1 aromatic carbocycles. The van der Waals surface area contributed by atoms with E-state index in [1.54, 1.807) is 12.4 Å². The Balaban J connectivity index is 1.73. The topological polar surface area (TPSA) is 49.3 Å². The number of hydrogen-bond acceptors (Lipinski definition) is 4. The quantitative estimate of drug-likeness (QED) is 0.822. The van der Waals surface area contributed by atoms with Gasteiger partial charge in [-0.3, -0.25) is 4.79 Å². The van der Waals surface area contributed by atoms with Crippen molar-refractivity contribution < 1.29 is 4.79 Å². The highest BCUT2D eigenvalue weighted by Gasteiger charge is 2.23. The number of carbonyl (C=O) groups is 1. The normalized spacial score (nSPS) is 17.4. The maximum absolute atomic E-state index is 12.7. The third kappa shape index (κ3) is 4.40. The monoisotopic (exact) mass is 352 g/mol. The van der Waals surface area contributed by atoms with Crippen molar-refractivity contribution in [3.05, 3.63) is 53.9 Å². The first-order chi connectivity index (χ1) is 12.5. The van der Waals surface area contributed by atoms with E-state index in [4.69, 9.17) is 0 Å². The van der Waals surface area contributed by atoms with Crippen LogP contribution in [0, 0.1) is 5.92 Å². The summed E-state index contributed by atoms with van der Waals surface area (Å²) in [6, 6.07) is 10.6. The molecule has 1 saturated heterocycles. The number of piperidine rings is 1. The summed E-state index contributed by atoms with van der Waals surface area (Å²) in [5.74, 6) is 1.27. The summed E-state index contributed by atoms with van der Waals surface area (Å²) >= 11 is 0. The van der Waals surface area contributed by atoms with Crippen molar-refractivity contribution in [2.45, 2.75) is 46.2 Å². The van der Waals surface area contributed by atoms with Crippen LogP contribution in [0.5, 0.6) is 0 Å². The van der Waals surface area contributed by atoms with Crippen LogP contribution in [0.2, 0.25) is 0 Å². The average molecular weight is 352 g/mol. The van der Waals surface area contributed by atoms with Gasteiger partial charge in [0, 0.05) is 38.1 Å². The SMILES string of the molecule is CC1CCCN(C(=O)c2cnc(N(Cc3ccccc3)C(C)C)nc2)C1. The predicted octanol–water partition coefficient (Wildman–Crippen LogP) is 3.76. The van der Waals surface area contributed by atoms with E-state index in [0.29, 0.717) is 17.4 Å². The molecule has 1 unspecified atom stereocenters. The molecule has 0 radical (unpaired) electrons. The smallest absolute Gasteiger partial charge is 0.257 e. The third-order valence-corrected chi connectivity index (χ3v) is 4.91. The zero-order valence-corrected chi connectivity index (χ0v) is 15.9. The molecular weight excluding hydrogens is 324 g/mol. The summed E-state index contributed by atoms with van der Waals surface area (Å²) in [5, 5.41) is 0. The average Bonchev–Trinajstić information content (AvgIpc) is 2.66. The van der Waals surface area contributed by atoms with E-state index in [0.717, 1.165) is 26.1 Å². The molecule has 5 nitrogen and oxygen atoms in total. The van der Waals surface area contributed by atoms with Gasteiger partial charge in [0.25, 0.3) is 5.91 Å². The second kappa shape index (κ2) is 8.30. The van der Waals surface area contributed by atoms with Gasteiger partial charge in [-0.2, -0.15) is 0 Å². The highest BCUT2D eigenvalue weighted by Crippen LogP contribution is 2.19. The van der Waals surface area contributed by atoms with Crippen LogP contribution in [0.25, 0.3) is 0 Å². The minimum Gasteiger partial charge on any atom is -0.338 e. The van der Waals surface area contributed by atoms with E-state index in [1.807, 2.05) is 23.1 Å². The maximum atomic E-state index is 12.7. The summed E-state index contributed by atoms with van der Waals surface area (Å²) < 4.78 is 0. The Morgan fingerprint density at radius 3 is 2.54 bits per heavy atom. The molecule has 26 heavy (non-hydrogen) atoms. The van der Waals surface area contributed by atoms with Crippen molar-refractivity contribution in [1.29, 1.82) is 0 Å². The van der Waals surface area contributed by atoms with Crippen molar-refractivity contribution >= 4 is 11.9 Å². The van der Waals surface area contributed by atoms with Crippen LogP contribution in [-0.4, -0.2) is 39.9 Å². The number of likely N-dealkylation sites (tertiary alicyclic amines) is 1. The Hall–Kier alpha value is -2.43. The molecule has 0 N–H and O–H groups in total. The largest absolute Gasteiger partial charge is 0.338 e. The Morgan fingerprint density at radius 2 is 1.92 bits per heavy atom. The molecule has 1 aliphatic rings. The summed E-state index contributed by atoms with van der Waals surface area (Å²) in [7, 11) is 0. The van der Waals surface area contributed by atoms with Gasteiger partial charge in [-0.15, -0.1) is 0 Å². The summed E-state index contributed by atoms with van der Waals surface area (Å²) in [6.45, 7) is 8.85. The number of hydrogen-bond donors (Lipinski definition) is 0. The summed E-state index contributed by atoms with van der Waals surface area (Å²) in [4.78, 5) is 25.8. The standard InChI is InChI=1S/C21H28N4O/c1-16(2)25(15-18-9-5-4-6-10-18)21-22-12-19(13-23-21)20(26)24-11-7-8-17(3)14-24/h4-6,9-10,12-13,16-17H,7-8,11,14-15H2,1-3H3. The highest BCUT2D eigenvalue weighted by molar-refractivity contribution is 5.93. The molecule has 1 aliphatic heterocycles. The lowest BCUT2D eigenvalue weighted by Crippen LogP contribution is -2.39. The van der Waals surface area contributed by atoms with Crippen LogP contribution in [0.1, 0.15) is 49.5 Å². The second-order valence-electron chi connectivity index (χ2n) is 7.48. The number of aromatic nitrogens is 2. The molecule has 1 atom stereocenters. The molecule has 2 heterocycles. The van der Waals surface area contributed by atoms with E-state index < -0.39 is 0 Å². The highest BCUT2D eigenvalue weighted by atomic mass is 16.2. The Kier molecular flexibility index (Phi) is 5.86. The van der Waals surface area contributed by atoms with Gasteiger partial charge in [-0.25, -0.2) is 9.97 Å². The van der Waals surface area contributed by atoms with Crippen LogP contribution < -0.4 is 4.90 Å². The van der Waals surface area contributed by atoms with Crippen molar-refractivity contribution in [3.8, 4) is 0 Å². The predicted molar refractivity (Wildman–Crippen MR) is 104 cm³/mol. The van der Waals surface area contributed by atoms with Crippen LogP contribution >= 0.6 is 0 Å². The van der Waals surface area contributed by atoms with Crippen LogP contribution in [-0.2, 0) is 6.54 Å². The second-order valence-corrected chi connectivity index (χ2v) is 7.48. The number of nitrogens with zero attached hydrogens (tertiary/aromatic N) is 4. The van der Waals surface area contributed by atoms with Crippen molar-refractivity contribution in [1.82, 2.24) is 14.9 Å². The first kappa shape index (κ1) is 18.4. The van der Waals surface area contributed by atoms with Gasteiger partial charge in [0.2, 0.25) is 5.95 Å². The fourth-order valence-electron chi connectivity index (χ4n) is 3.40. The van der Waals surface area contributed by atoms with E-state index in [9.17, 15) is 4.79 Å². The van der Waals surface area contributed by atoms with Gasteiger partial charge in [0.05, 0.1) is 5.56 Å². The molecule has 1 amide bonds. The summed E-state index contributed by atoms with van der Waals surface area (Å²) in [6.07, 6.45) is 5.61. The molecule has 2 aromatic rings. The van der Waals surface area contributed by atoms with E-state index >= 15 is 0 Å². The first-order valence-electron chi connectivity index (χ1n) is 9.46. The number of rotatable bonds is 5. The van der Waals surface area contributed by atoms with Gasteiger partial charge >= 0.3 is 0 Å². The lowest BCUT2D eigenvalue weighted by atomic mass is 10.00. The number of carbonyl (C=O) groups excluding carboxylic acids is 1. The molecule has 3 rings (SSSR count). The maximum Gasteiger partial charge on any atom is 0.257 e. The number of amides is 1. The Labute approximate surface area is 156 Å². The van der Waals surface area contributed by atoms with Crippen molar-refractivity contribution in [2.75, 3.05) is 18.0 Å². The molecule has 0 aliphatic carbocycles. The lowest BCUT2D eigenvalue weighted by Gasteiger charge is -2.31.